The number of amides is 1. The first-order valence-corrected chi connectivity index (χ1v) is 8.08. The Bertz CT molecular complexity index is 652. The fraction of sp³-hybridized carbons (Fsp3) is 0.308. The van der Waals surface area contributed by atoms with Gasteiger partial charge in [0.25, 0.3) is 15.0 Å². The lowest BCUT2D eigenvalue weighted by atomic mass is 10.2. The summed E-state index contributed by atoms with van der Waals surface area (Å²) in [4.78, 5) is 13.1. The quantitative estimate of drug-likeness (QED) is 0.618. The maximum absolute atomic E-state index is 13.4. The van der Waals surface area contributed by atoms with Crippen molar-refractivity contribution < 1.29 is 17.6 Å². The van der Waals surface area contributed by atoms with E-state index in [0.29, 0.717) is 13.0 Å². The SMILES string of the molecule is C#CCN(CCC)C(=O)c1cc(F)cc(S(=O)(=O)Cl)c1. The second kappa shape index (κ2) is 6.73. The van der Waals surface area contributed by atoms with Crippen molar-refractivity contribution in [3.05, 3.63) is 29.6 Å². The number of terminal acetylenes is 1. The van der Waals surface area contributed by atoms with Crippen LogP contribution in [0, 0.1) is 18.2 Å². The van der Waals surface area contributed by atoms with Gasteiger partial charge in [-0.25, -0.2) is 12.8 Å². The van der Waals surface area contributed by atoms with Crippen LogP contribution in [0.5, 0.6) is 0 Å². The molecule has 0 radical (unpaired) electrons. The van der Waals surface area contributed by atoms with Gasteiger partial charge in [0.05, 0.1) is 11.4 Å². The predicted molar refractivity (Wildman–Crippen MR) is 74.5 cm³/mol. The van der Waals surface area contributed by atoms with E-state index in [9.17, 15) is 17.6 Å². The average molecular weight is 318 g/mol. The maximum Gasteiger partial charge on any atom is 0.261 e. The minimum absolute atomic E-state index is 0.0617. The Hall–Kier alpha value is -1.58. The third kappa shape index (κ3) is 4.22. The van der Waals surface area contributed by atoms with Gasteiger partial charge in [0.2, 0.25) is 0 Å². The number of benzene rings is 1. The van der Waals surface area contributed by atoms with Gasteiger partial charge < -0.3 is 4.90 Å². The van der Waals surface area contributed by atoms with Crippen LogP contribution in [0.2, 0.25) is 0 Å². The Kier molecular flexibility index (Phi) is 5.54. The smallest absolute Gasteiger partial charge is 0.261 e. The highest BCUT2D eigenvalue weighted by Crippen LogP contribution is 2.19. The van der Waals surface area contributed by atoms with Crippen LogP contribution in [0.1, 0.15) is 23.7 Å². The molecule has 0 aliphatic rings. The molecule has 20 heavy (non-hydrogen) atoms. The molecule has 7 heteroatoms. The van der Waals surface area contributed by atoms with Crippen molar-refractivity contribution in [2.75, 3.05) is 13.1 Å². The van der Waals surface area contributed by atoms with Gasteiger partial charge in [-0.15, -0.1) is 6.42 Å². The second-order valence-electron chi connectivity index (χ2n) is 4.04. The number of hydrogen-bond donors (Lipinski definition) is 0. The van der Waals surface area contributed by atoms with Crippen LogP contribution in [0.3, 0.4) is 0 Å². The molecule has 0 spiro atoms. The lowest BCUT2D eigenvalue weighted by molar-refractivity contribution is 0.0776. The van der Waals surface area contributed by atoms with E-state index in [1.165, 1.54) is 4.90 Å². The third-order valence-corrected chi connectivity index (χ3v) is 3.80. The molecule has 0 aromatic heterocycles. The number of hydrogen-bond acceptors (Lipinski definition) is 3. The van der Waals surface area contributed by atoms with Gasteiger partial charge >= 0.3 is 0 Å². The molecule has 0 bridgehead atoms. The normalized spacial score (nSPS) is 10.9. The van der Waals surface area contributed by atoms with Crippen LogP contribution < -0.4 is 0 Å². The summed E-state index contributed by atoms with van der Waals surface area (Å²) < 4.78 is 35.9. The fourth-order valence-corrected chi connectivity index (χ4v) is 2.43. The van der Waals surface area contributed by atoms with E-state index in [4.69, 9.17) is 17.1 Å². The highest BCUT2D eigenvalue weighted by atomic mass is 35.7. The van der Waals surface area contributed by atoms with Crippen molar-refractivity contribution in [2.24, 2.45) is 0 Å². The molecular weight excluding hydrogens is 305 g/mol. The van der Waals surface area contributed by atoms with Gasteiger partial charge in [-0.2, -0.15) is 0 Å². The summed E-state index contributed by atoms with van der Waals surface area (Å²) >= 11 is 0. The molecule has 0 atom stereocenters. The van der Waals surface area contributed by atoms with Crippen molar-refractivity contribution in [3.63, 3.8) is 0 Å². The largest absolute Gasteiger partial charge is 0.328 e. The molecule has 108 valence electrons. The standard InChI is InChI=1S/C13H13ClFNO3S/c1-3-5-16(6-4-2)13(17)10-7-11(15)9-12(8-10)20(14,18)19/h1,7-9H,4-6H2,2H3. The first kappa shape index (κ1) is 16.5. The Labute approximate surface area is 122 Å². The highest BCUT2D eigenvalue weighted by Gasteiger charge is 2.19. The molecule has 1 amide bonds. The summed E-state index contributed by atoms with van der Waals surface area (Å²) in [6.45, 7) is 2.31. The number of nitrogens with zero attached hydrogens (tertiary/aromatic N) is 1. The average Bonchev–Trinajstić information content (AvgIpc) is 2.36. The Morgan fingerprint density at radius 2 is 2.10 bits per heavy atom. The number of carbonyl (C=O) groups excluding carboxylic acids is 1. The zero-order valence-electron chi connectivity index (χ0n) is 10.8. The molecule has 0 unspecified atom stereocenters. The van der Waals surface area contributed by atoms with E-state index in [1.54, 1.807) is 0 Å². The topological polar surface area (TPSA) is 54.5 Å². The molecule has 0 saturated carbocycles. The second-order valence-corrected chi connectivity index (χ2v) is 6.61. The Morgan fingerprint density at radius 3 is 2.60 bits per heavy atom. The first-order valence-electron chi connectivity index (χ1n) is 5.77. The van der Waals surface area contributed by atoms with E-state index < -0.39 is 25.7 Å². The van der Waals surface area contributed by atoms with Crippen LogP contribution in [0.4, 0.5) is 4.39 Å². The number of carbonyl (C=O) groups is 1. The van der Waals surface area contributed by atoms with Crippen molar-refractivity contribution in [1.29, 1.82) is 0 Å². The van der Waals surface area contributed by atoms with Crippen LogP contribution in [-0.2, 0) is 9.05 Å². The zero-order valence-corrected chi connectivity index (χ0v) is 12.3. The molecule has 0 aliphatic carbocycles. The fourth-order valence-electron chi connectivity index (χ4n) is 1.64. The van der Waals surface area contributed by atoms with Crippen LogP contribution in [-0.4, -0.2) is 32.3 Å². The maximum atomic E-state index is 13.4. The van der Waals surface area contributed by atoms with Crippen LogP contribution in [0.15, 0.2) is 23.1 Å². The first-order chi connectivity index (χ1) is 9.29. The minimum atomic E-state index is -4.11. The van der Waals surface area contributed by atoms with Crippen molar-refractivity contribution >= 4 is 25.6 Å². The van der Waals surface area contributed by atoms with E-state index in [-0.39, 0.29) is 12.1 Å². The molecule has 0 fully saturated rings. The lowest BCUT2D eigenvalue weighted by Crippen LogP contribution is -2.32. The Balaban J connectivity index is 3.22. The van der Waals surface area contributed by atoms with Crippen LogP contribution >= 0.6 is 10.7 Å². The summed E-state index contributed by atoms with van der Waals surface area (Å²) in [6.07, 6.45) is 5.84. The lowest BCUT2D eigenvalue weighted by Gasteiger charge is -2.19. The van der Waals surface area contributed by atoms with E-state index in [1.807, 2.05) is 6.92 Å². The number of rotatable bonds is 5. The predicted octanol–water partition coefficient (Wildman–Crippen LogP) is 2.24. The summed E-state index contributed by atoms with van der Waals surface area (Å²) in [7, 11) is 1.05. The summed E-state index contributed by atoms with van der Waals surface area (Å²) in [6, 6.07) is 2.74. The summed E-state index contributed by atoms with van der Waals surface area (Å²) in [5.74, 6) is 0.939. The third-order valence-electron chi connectivity index (χ3n) is 2.46. The van der Waals surface area contributed by atoms with Gasteiger partial charge in [0.1, 0.15) is 5.82 Å². The monoisotopic (exact) mass is 317 g/mol. The summed E-state index contributed by atoms with van der Waals surface area (Å²) in [5, 5.41) is 0. The molecule has 1 aromatic rings. The minimum Gasteiger partial charge on any atom is -0.328 e. The van der Waals surface area contributed by atoms with Crippen molar-refractivity contribution in [1.82, 2.24) is 4.90 Å². The summed E-state index contributed by atoms with van der Waals surface area (Å²) in [5.41, 5.74) is -0.104. The van der Waals surface area contributed by atoms with Crippen LogP contribution in [0.25, 0.3) is 0 Å². The van der Waals surface area contributed by atoms with E-state index in [0.717, 1.165) is 18.2 Å². The molecule has 0 aliphatic heterocycles. The zero-order chi connectivity index (χ0) is 15.3. The van der Waals surface area contributed by atoms with Gasteiger partial charge in [-0.05, 0) is 24.6 Å². The Morgan fingerprint density at radius 1 is 1.45 bits per heavy atom. The molecule has 1 aromatic carbocycles. The molecule has 0 N–H and O–H groups in total. The molecular formula is C13H13ClFNO3S. The number of halogens is 2. The van der Waals surface area contributed by atoms with E-state index >= 15 is 0 Å². The van der Waals surface area contributed by atoms with Gasteiger partial charge in [0, 0.05) is 22.8 Å². The molecule has 4 nitrogen and oxygen atoms in total. The van der Waals surface area contributed by atoms with Gasteiger partial charge in [0.15, 0.2) is 0 Å². The molecule has 0 heterocycles. The molecule has 0 saturated heterocycles. The van der Waals surface area contributed by atoms with Gasteiger partial charge in [-0.3, -0.25) is 4.79 Å². The molecule has 1 rings (SSSR count). The van der Waals surface area contributed by atoms with Gasteiger partial charge in [-0.1, -0.05) is 12.8 Å². The highest BCUT2D eigenvalue weighted by molar-refractivity contribution is 8.13. The van der Waals surface area contributed by atoms with Crippen molar-refractivity contribution in [2.45, 2.75) is 18.2 Å². The van der Waals surface area contributed by atoms with E-state index in [2.05, 4.69) is 5.92 Å². The van der Waals surface area contributed by atoms with Crippen molar-refractivity contribution in [3.8, 4) is 12.3 Å².